The SMILES string of the molecule is COC(=O)Cc1ccc(Sc2ccc3nnc(C(C)C)n3c2)cc1. The summed E-state index contributed by atoms with van der Waals surface area (Å²) in [4.78, 5) is 13.5. The Morgan fingerprint density at radius 2 is 1.83 bits per heavy atom. The molecular formula is C18H19N3O2S. The third-order valence-corrected chi connectivity index (χ3v) is 4.64. The van der Waals surface area contributed by atoms with E-state index in [1.54, 1.807) is 11.8 Å². The lowest BCUT2D eigenvalue weighted by molar-refractivity contribution is -0.139. The maximum absolute atomic E-state index is 11.3. The summed E-state index contributed by atoms with van der Waals surface area (Å²) < 4.78 is 6.73. The summed E-state index contributed by atoms with van der Waals surface area (Å²) in [6, 6.07) is 12.0. The number of esters is 1. The predicted octanol–water partition coefficient (Wildman–Crippen LogP) is 3.72. The molecule has 0 fully saturated rings. The molecular weight excluding hydrogens is 322 g/mol. The molecule has 0 saturated heterocycles. The molecule has 0 amide bonds. The molecule has 2 aromatic heterocycles. The Kier molecular flexibility index (Phi) is 4.85. The Bertz CT molecular complexity index is 856. The smallest absolute Gasteiger partial charge is 0.309 e. The molecule has 0 bridgehead atoms. The zero-order chi connectivity index (χ0) is 17.1. The van der Waals surface area contributed by atoms with Gasteiger partial charge in [0, 0.05) is 21.9 Å². The fourth-order valence-corrected chi connectivity index (χ4v) is 3.23. The Hall–Kier alpha value is -2.34. The number of hydrogen-bond donors (Lipinski definition) is 0. The zero-order valence-corrected chi connectivity index (χ0v) is 14.7. The van der Waals surface area contributed by atoms with E-state index < -0.39 is 0 Å². The third kappa shape index (κ3) is 3.59. The number of carbonyl (C=O) groups is 1. The van der Waals surface area contributed by atoms with Crippen LogP contribution in [0, 0.1) is 0 Å². The van der Waals surface area contributed by atoms with E-state index in [4.69, 9.17) is 0 Å². The number of nitrogens with zero attached hydrogens (tertiary/aromatic N) is 3. The number of carbonyl (C=O) groups excluding carboxylic acids is 1. The highest BCUT2D eigenvalue weighted by Gasteiger charge is 2.10. The Balaban J connectivity index is 1.79. The van der Waals surface area contributed by atoms with E-state index in [0.717, 1.165) is 26.8 Å². The van der Waals surface area contributed by atoms with Gasteiger partial charge >= 0.3 is 5.97 Å². The van der Waals surface area contributed by atoms with Crippen LogP contribution >= 0.6 is 11.8 Å². The molecule has 0 aliphatic carbocycles. The van der Waals surface area contributed by atoms with E-state index in [1.165, 1.54) is 7.11 Å². The molecule has 0 N–H and O–H groups in total. The highest BCUT2D eigenvalue weighted by Crippen LogP contribution is 2.28. The summed E-state index contributed by atoms with van der Waals surface area (Å²) in [6.45, 7) is 4.21. The fourth-order valence-electron chi connectivity index (χ4n) is 2.39. The first-order chi connectivity index (χ1) is 11.6. The van der Waals surface area contributed by atoms with E-state index in [9.17, 15) is 4.79 Å². The number of ether oxygens (including phenoxy) is 1. The number of rotatable bonds is 5. The molecule has 0 radical (unpaired) electrons. The van der Waals surface area contributed by atoms with Gasteiger partial charge in [-0.1, -0.05) is 37.7 Å². The fraction of sp³-hybridized carbons (Fsp3) is 0.278. The van der Waals surface area contributed by atoms with Gasteiger partial charge in [-0.25, -0.2) is 0 Å². The summed E-state index contributed by atoms with van der Waals surface area (Å²) >= 11 is 1.67. The first-order valence-corrected chi connectivity index (χ1v) is 8.57. The lowest BCUT2D eigenvalue weighted by Gasteiger charge is -2.06. The third-order valence-electron chi connectivity index (χ3n) is 3.65. The number of hydrogen-bond acceptors (Lipinski definition) is 5. The van der Waals surface area contributed by atoms with E-state index in [1.807, 2.05) is 40.8 Å². The average Bonchev–Trinajstić information content (AvgIpc) is 3.00. The van der Waals surface area contributed by atoms with Crippen molar-refractivity contribution in [1.82, 2.24) is 14.6 Å². The van der Waals surface area contributed by atoms with Gasteiger partial charge in [-0.3, -0.25) is 9.20 Å². The van der Waals surface area contributed by atoms with Crippen molar-refractivity contribution in [2.45, 2.75) is 36.0 Å². The van der Waals surface area contributed by atoms with Gasteiger partial charge in [-0.15, -0.1) is 10.2 Å². The van der Waals surface area contributed by atoms with Gasteiger partial charge in [0.15, 0.2) is 5.65 Å². The number of benzene rings is 1. The van der Waals surface area contributed by atoms with Crippen molar-refractivity contribution in [2.75, 3.05) is 7.11 Å². The maximum Gasteiger partial charge on any atom is 0.309 e. The summed E-state index contributed by atoms with van der Waals surface area (Å²) in [7, 11) is 1.40. The van der Waals surface area contributed by atoms with E-state index >= 15 is 0 Å². The Labute approximate surface area is 145 Å². The van der Waals surface area contributed by atoms with Crippen LogP contribution in [0.4, 0.5) is 0 Å². The van der Waals surface area contributed by atoms with Crippen molar-refractivity contribution >= 4 is 23.4 Å². The second kappa shape index (κ2) is 7.05. The molecule has 124 valence electrons. The van der Waals surface area contributed by atoms with Gasteiger partial charge in [0.05, 0.1) is 13.5 Å². The van der Waals surface area contributed by atoms with E-state index in [2.05, 4.69) is 35.0 Å². The van der Waals surface area contributed by atoms with Crippen LogP contribution in [-0.2, 0) is 16.0 Å². The van der Waals surface area contributed by atoms with Gasteiger partial charge in [-0.05, 0) is 29.8 Å². The van der Waals surface area contributed by atoms with Gasteiger partial charge in [-0.2, -0.15) is 0 Å². The van der Waals surface area contributed by atoms with Crippen molar-refractivity contribution in [3.8, 4) is 0 Å². The molecule has 1 aromatic carbocycles. The summed E-state index contributed by atoms with van der Waals surface area (Å²) in [5.41, 5.74) is 1.80. The minimum Gasteiger partial charge on any atom is -0.469 e. The van der Waals surface area contributed by atoms with Crippen LogP contribution in [0.15, 0.2) is 52.4 Å². The van der Waals surface area contributed by atoms with Gasteiger partial charge < -0.3 is 4.74 Å². The predicted molar refractivity (Wildman–Crippen MR) is 93.4 cm³/mol. The molecule has 6 heteroatoms. The molecule has 3 aromatic rings. The van der Waals surface area contributed by atoms with Crippen molar-refractivity contribution in [1.29, 1.82) is 0 Å². The van der Waals surface area contributed by atoms with Gasteiger partial charge in [0.25, 0.3) is 0 Å². The topological polar surface area (TPSA) is 56.5 Å². The van der Waals surface area contributed by atoms with E-state index in [0.29, 0.717) is 12.3 Å². The molecule has 5 nitrogen and oxygen atoms in total. The first-order valence-electron chi connectivity index (χ1n) is 7.75. The molecule has 0 unspecified atom stereocenters. The van der Waals surface area contributed by atoms with Crippen LogP contribution in [0.5, 0.6) is 0 Å². The highest BCUT2D eigenvalue weighted by molar-refractivity contribution is 7.99. The molecule has 0 saturated carbocycles. The zero-order valence-electron chi connectivity index (χ0n) is 13.9. The summed E-state index contributed by atoms with van der Waals surface area (Å²) in [5.74, 6) is 1.05. The summed E-state index contributed by atoms with van der Waals surface area (Å²) in [6.07, 6.45) is 2.36. The first kappa shape index (κ1) is 16.5. The molecule has 0 spiro atoms. The lowest BCUT2D eigenvalue weighted by Crippen LogP contribution is -2.03. The van der Waals surface area contributed by atoms with Crippen molar-refractivity contribution in [3.05, 3.63) is 54.0 Å². The van der Waals surface area contributed by atoms with Crippen LogP contribution in [0.3, 0.4) is 0 Å². The minimum absolute atomic E-state index is 0.227. The Morgan fingerprint density at radius 1 is 1.12 bits per heavy atom. The quantitative estimate of drug-likeness (QED) is 0.662. The van der Waals surface area contributed by atoms with Crippen molar-refractivity contribution in [2.24, 2.45) is 0 Å². The number of pyridine rings is 1. The normalized spacial score (nSPS) is 11.2. The standard InChI is InChI=1S/C18H19N3O2S/c1-12(2)18-20-19-16-9-8-15(11-21(16)18)24-14-6-4-13(5-7-14)10-17(22)23-3/h4-9,11-12H,10H2,1-3H3. The molecule has 2 heterocycles. The van der Waals surface area contributed by atoms with E-state index in [-0.39, 0.29) is 5.97 Å². The van der Waals surface area contributed by atoms with Crippen LogP contribution in [-0.4, -0.2) is 27.7 Å². The van der Waals surface area contributed by atoms with Gasteiger partial charge in [0.2, 0.25) is 0 Å². The van der Waals surface area contributed by atoms with Gasteiger partial charge in [0.1, 0.15) is 5.82 Å². The number of methoxy groups -OCH3 is 1. The minimum atomic E-state index is -0.227. The molecule has 0 aliphatic heterocycles. The molecule has 0 atom stereocenters. The average molecular weight is 341 g/mol. The number of fused-ring (bicyclic) bond motifs is 1. The number of aromatic nitrogens is 3. The maximum atomic E-state index is 11.3. The van der Waals surface area contributed by atoms with Crippen LogP contribution in [0.2, 0.25) is 0 Å². The molecule has 3 rings (SSSR count). The highest BCUT2D eigenvalue weighted by atomic mass is 32.2. The lowest BCUT2D eigenvalue weighted by atomic mass is 10.2. The van der Waals surface area contributed by atoms with Crippen LogP contribution in [0.1, 0.15) is 31.2 Å². The molecule has 0 aliphatic rings. The van der Waals surface area contributed by atoms with Crippen molar-refractivity contribution < 1.29 is 9.53 Å². The largest absolute Gasteiger partial charge is 0.469 e. The second-order valence-corrected chi connectivity index (χ2v) is 6.95. The molecule has 24 heavy (non-hydrogen) atoms. The second-order valence-electron chi connectivity index (χ2n) is 5.80. The van der Waals surface area contributed by atoms with Crippen molar-refractivity contribution in [3.63, 3.8) is 0 Å². The monoisotopic (exact) mass is 341 g/mol. The Morgan fingerprint density at radius 3 is 2.50 bits per heavy atom. The van der Waals surface area contributed by atoms with Crippen LogP contribution < -0.4 is 0 Å². The summed E-state index contributed by atoms with van der Waals surface area (Å²) in [5, 5.41) is 8.45. The van der Waals surface area contributed by atoms with Crippen LogP contribution in [0.25, 0.3) is 5.65 Å².